The number of hydrogen-bond donors (Lipinski definition) is 1. The number of anilines is 2. The van der Waals surface area contributed by atoms with Gasteiger partial charge in [0.05, 0.1) is 30.8 Å². The van der Waals surface area contributed by atoms with Crippen molar-refractivity contribution < 1.29 is 19.4 Å². The van der Waals surface area contributed by atoms with Gasteiger partial charge in [-0.25, -0.2) is 0 Å². The van der Waals surface area contributed by atoms with Gasteiger partial charge in [0.15, 0.2) is 0 Å². The van der Waals surface area contributed by atoms with E-state index in [0.29, 0.717) is 11.6 Å². The molecule has 1 fully saturated rings. The lowest BCUT2D eigenvalue weighted by molar-refractivity contribution is -0.126. The molecule has 1 N–H and O–H groups in total. The molecule has 1 unspecified atom stereocenters. The molecule has 1 saturated heterocycles. The SMILES string of the molecule is COc1ccc([C@@H]2Sc3cc(Cl)ccc3N(CCCN3CCN(c4ccccc4OC)CC3)C(=O)C2O)cc1. The van der Waals surface area contributed by atoms with E-state index >= 15 is 0 Å². The van der Waals surface area contributed by atoms with Gasteiger partial charge < -0.3 is 24.4 Å². The molecule has 2 heterocycles. The quantitative estimate of drug-likeness (QED) is 0.406. The normalized spacial score (nSPS) is 19.9. The molecule has 9 heteroatoms. The highest BCUT2D eigenvalue weighted by atomic mass is 35.5. The van der Waals surface area contributed by atoms with E-state index in [1.54, 1.807) is 25.2 Å². The summed E-state index contributed by atoms with van der Waals surface area (Å²) >= 11 is 7.82. The molecule has 2 aliphatic rings. The van der Waals surface area contributed by atoms with Crippen molar-refractivity contribution in [3.8, 4) is 11.5 Å². The summed E-state index contributed by atoms with van der Waals surface area (Å²) in [5, 5.41) is 11.4. The number of rotatable bonds is 8. The van der Waals surface area contributed by atoms with E-state index in [1.165, 1.54) is 11.8 Å². The Morgan fingerprint density at radius 1 is 0.923 bits per heavy atom. The predicted molar refractivity (Wildman–Crippen MR) is 158 cm³/mol. The number of aliphatic hydroxyl groups excluding tert-OH is 1. The van der Waals surface area contributed by atoms with Gasteiger partial charge in [0, 0.05) is 42.6 Å². The van der Waals surface area contributed by atoms with Crippen molar-refractivity contribution in [3.63, 3.8) is 0 Å². The molecule has 5 rings (SSSR count). The molecule has 0 aromatic heterocycles. The lowest BCUT2D eigenvalue weighted by Gasteiger charge is -2.37. The molecule has 0 bridgehead atoms. The number of thioether (sulfide) groups is 1. The molecule has 39 heavy (non-hydrogen) atoms. The molecule has 0 radical (unpaired) electrons. The third-order valence-electron chi connectivity index (χ3n) is 7.37. The van der Waals surface area contributed by atoms with Crippen LogP contribution in [-0.2, 0) is 4.79 Å². The summed E-state index contributed by atoms with van der Waals surface area (Å²) in [7, 11) is 3.32. The number of hydrogen-bond acceptors (Lipinski definition) is 7. The largest absolute Gasteiger partial charge is 0.497 e. The summed E-state index contributed by atoms with van der Waals surface area (Å²) in [6.45, 7) is 5.11. The fourth-order valence-corrected chi connectivity index (χ4v) is 6.79. The van der Waals surface area contributed by atoms with Gasteiger partial charge in [-0.3, -0.25) is 9.69 Å². The lowest BCUT2D eigenvalue weighted by atomic mass is 10.1. The number of halogens is 1. The summed E-state index contributed by atoms with van der Waals surface area (Å²) in [6, 6.07) is 21.2. The molecule has 2 atom stereocenters. The molecule has 3 aromatic rings. The Morgan fingerprint density at radius 2 is 1.67 bits per heavy atom. The van der Waals surface area contributed by atoms with Crippen molar-refractivity contribution in [2.45, 2.75) is 22.7 Å². The van der Waals surface area contributed by atoms with Crippen LogP contribution in [0, 0.1) is 0 Å². The Labute approximate surface area is 239 Å². The molecule has 0 saturated carbocycles. The number of fused-ring (bicyclic) bond motifs is 1. The Hall–Kier alpha value is -2.91. The number of ether oxygens (including phenoxy) is 2. The summed E-state index contributed by atoms with van der Waals surface area (Å²) in [5.74, 6) is 1.34. The highest BCUT2D eigenvalue weighted by Crippen LogP contribution is 2.46. The Bertz CT molecular complexity index is 1280. The van der Waals surface area contributed by atoms with Crippen LogP contribution in [0.3, 0.4) is 0 Å². The minimum atomic E-state index is -1.18. The summed E-state index contributed by atoms with van der Waals surface area (Å²) in [5.41, 5.74) is 2.79. The van der Waals surface area contributed by atoms with Crippen LogP contribution in [-0.4, -0.2) is 75.5 Å². The van der Waals surface area contributed by atoms with E-state index in [1.807, 2.05) is 54.6 Å². The van der Waals surface area contributed by atoms with Gasteiger partial charge in [0.25, 0.3) is 5.91 Å². The second-order valence-corrected chi connectivity index (χ2v) is 11.3. The van der Waals surface area contributed by atoms with Crippen molar-refractivity contribution in [2.75, 3.05) is 63.3 Å². The molecule has 0 spiro atoms. The zero-order valence-electron chi connectivity index (χ0n) is 22.3. The summed E-state index contributed by atoms with van der Waals surface area (Å²) < 4.78 is 10.8. The van der Waals surface area contributed by atoms with Crippen LogP contribution in [0.1, 0.15) is 17.2 Å². The zero-order chi connectivity index (χ0) is 27.4. The maximum atomic E-state index is 13.6. The topological polar surface area (TPSA) is 65.5 Å². The smallest absolute Gasteiger partial charge is 0.257 e. The number of para-hydroxylation sites is 2. The minimum Gasteiger partial charge on any atom is -0.497 e. The van der Waals surface area contributed by atoms with Crippen LogP contribution in [0.15, 0.2) is 71.6 Å². The molecule has 0 aliphatic carbocycles. The number of carbonyl (C=O) groups excluding carboxylic acids is 1. The van der Waals surface area contributed by atoms with Gasteiger partial charge in [-0.2, -0.15) is 0 Å². The van der Waals surface area contributed by atoms with Crippen LogP contribution >= 0.6 is 23.4 Å². The first-order chi connectivity index (χ1) is 19.0. The molecular weight excluding hydrogens is 534 g/mol. The van der Waals surface area contributed by atoms with Gasteiger partial charge in [-0.05, 0) is 61.0 Å². The number of aliphatic hydroxyl groups is 1. The molecule has 3 aromatic carbocycles. The average Bonchev–Trinajstić information content (AvgIpc) is 3.07. The number of methoxy groups -OCH3 is 2. The Kier molecular flexibility index (Phi) is 8.87. The van der Waals surface area contributed by atoms with E-state index < -0.39 is 11.4 Å². The Balaban J connectivity index is 1.25. The second kappa shape index (κ2) is 12.5. The average molecular weight is 568 g/mol. The van der Waals surface area contributed by atoms with E-state index in [0.717, 1.165) is 72.5 Å². The number of carbonyl (C=O) groups is 1. The summed E-state index contributed by atoms with van der Waals surface area (Å²) in [6.07, 6.45) is -0.383. The van der Waals surface area contributed by atoms with E-state index in [4.69, 9.17) is 21.1 Å². The van der Waals surface area contributed by atoms with Crippen LogP contribution in [0.4, 0.5) is 11.4 Å². The van der Waals surface area contributed by atoms with Crippen LogP contribution in [0.25, 0.3) is 0 Å². The van der Waals surface area contributed by atoms with Crippen LogP contribution in [0.5, 0.6) is 11.5 Å². The van der Waals surface area contributed by atoms with Gasteiger partial charge >= 0.3 is 0 Å². The number of benzene rings is 3. The second-order valence-electron chi connectivity index (χ2n) is 9.71. The number of piperazine rings is 1. The third kappa shape index (κ3) is 6.14. The Morgan fingerprint density at radius 3 is 2.38 bits per heavy atom. The van der Waals surface area contributed by atoms with Crippen molar-refractivity contribution in [2.24, 2.45) is 0 Å². The predicted octanol–water partition coefficient (Wildman–Crippen LogP) is 5.11. The van der Waals surface area contributed by atoms with Gasteiger partial charge in [0.1, 0.15) is 17.6 Å². The van der Waals surface area contributed by atoms with E-state index in [2.05, 4.69) is 15.9 Å². The van der Waals surface area contributed by atoms with Crippen molar-refractivity contribution in [1.29, 1.82) is 0 Å². The first kappa shape index (κ1) is 27.6. The van der Waals surface area contributed by atoms with E-state index in [-0.39, 0.29) is 5.91 Å². The fourth-order valence-electron chi connectivity index (χ4n) is 5.24. The van der Waals surface area contributed by atoms with Gasteiger partial charge in [-0.15, -0.1) is 11.8 Å². The molecule has 206 valence electrons. The van der Waals surface area contributed by atoms with Gasteiger partial charge in [0.2, 0.25) is 0 Å². The first-order valence-corrected chi connectivity index (χ1v) is 14.4. The molecule has 2 aliphatic heterocycles. The van der Waals surface area contributed by atoms with Crippen LogP contribution in [0.2, 0.25) is 5.02 Å². The maximum absolute atomic E-state index is 13.6. The fraction of sp³-hybridized carbons (Fsp3) is 0.367. The van der Waals surface area contributed by atoms with Gasteiger partial charge in [-0.1, -0.05) is 35.9 Å². The minimum absolute atomic E-state index is 0.287. The maximum Gasteiger partial charge on any atom is 0.257 e. The van der Waals surface area contributed by atoms with Crippen molar-refractivity contribution in [1.82, 2.24) is 4.90 Å². The third-order valence-corrected chi connectivity index (χ3v) is 8.97. The van der Waals surface area contributed by atoms with Crippen molar-refractivity contribution >= 4 is 40.6 Å². The number of amides is 1. The number of nitrogens with zero attached hydrogens (tertiary/aromatic N) is 3. The zero-order valence-corrected chi connectivity index (χ0v) is 23.8. The summed E-state index contributed by atoms with van der Waals surface area (Å²) in [4.78, 5) is 21.0. The highest BCUT2D eigenvalue weighted by molar-refractivity contribution is 7.99. The van der Waals surface area contributed by atoms with Crippen molar-refractivity contribution in [3.05, 3.63) is 77.3 Å². The molecular formula is C30H34ClN3O4S. The molecule has 7 nitrogen and oxygen atoms in total. The standard InChI is InChI=1S/C30H34ClN3O4S/c1-37-23-11-8-21(9-12-23)29-28(35)30(36)34(25-13-10-22(31)20-27(25)39-29)15-5-14-32-16-18-33(19-17-32)24-6-3-4-7-26(24)38-2/h3-4,6-13,20,28-29,35H,5,14-19H2,1-2H3/t28?,29-/m0/s1. The monoisotopic (exact) mass is 567 g/mol. The lowest BCUT2D eigenvalue weighted by Crippen LogP contribution is -2.47. The molecule has 1 amide bonds. The highest BCUT2D eigenvalue weighted by Gasteiger charge is 2.37. The first-order valence-electron chi connectivity index (χ1n) is 13.2. The van der Waals surface area contributed by atoms with Crippen LogP contribution < -0.4 is 19.3 Å². The van der Waals surface area contributed by atoms with E-state index in [9.17, 15) is 9.90 Å².